The summed E-state index contributed by atoms with van der Waals surface area (Å²) >= 11 is 0. The van der Waals surface area contributed by atoms with E-state index < -0.39 is 0 Å². The third-order valence-corrected chi connectivity index (χ3v) is 3.46. The van der Waals surface area contributed by atoms with Crippen LogP contribution in [0.1, 0.15) is 31.2 Å². The van der Waals surface area contributed by atoms with Crippen LogP contribution in [0.2, 0.25) is 0 Å². The predicted octanol–water partition coefficient (Wildman–Crippen LogP) is 2.74. The van der Waals surface area contributed by atoms with Crippen LogP contribution in [-0.2, 0) is 6.54 Å². The van der Waals surface area contributed by atoms with Crippen molar-refractivity contribution in [1.82, 2.24) is 15.0 Å². The van der Waals surface area contributed by atoms with Gasteiger partial charge in [-0.25, -0.2) is 0 Å². The van der Waals surface area contributed by atoms with Crippen LogP contribution in [0.4, 0.5) is 17.6 Å². The SMILES string of the molecule is CC(C)c1nc(NCc2ccc(N(C)C)cc2)nc(N(C)C)n1. The van der Waals surface area contributed by atoms with E-state index in [0.29, 0.717) is 18.4 Å². The average Bonchev–Trinajstić information content (AvgIpc) is 2.52. The van der Waals surface area contributed by atoms with Crippen molar-refractivity contribution in [2.75, 3.05) is 43.3 Å². The van der Waals surface area contributed by atoms with Crippen molar-refractivity contribution in [3.05, 3.63) is 35.7 Å². The van der Waals surface area contributed by atoms with E-state index in [0.717, 1.165) is 5.82 Å². The van der Waals surface area contributed by atoms with Gasteiger partial charge in [0.25, 0.3) is 0 Å². The van der Waals surface area contributed by atoms with Crippen molar-refractivity contribution in [2.24, 2.45) is 0 Å². The van der Waals surface area contributed by atoms with Gasteiger partial charge in [0.1, 0.15) is 5.82 Å². The molecule has 1 aromatic heterocycles. The Balaban J connectivity index is 2.13. The number of benzene rings is 1. The molecule has 0 aliphatic carbocycles. The van der Waals surface area contributed by atoms with Gasteiger partial charge >= 0.3 is 0 Å². The van der Waals surface area contributed by atoms with Gasteiger partial charge in [0.05, 0.1) is 0 Å². The highest BCUT2D eigenvalue weighted by Gasteiger charge is 2.10. The molecule has 0 fully saturated rings. The Morgan fingerprint density at radius 2 is 1.57 bits per heavy atom. The van der Waals surface area contributed by atoms with Crippen molar-refractivity contribution in [1.29, 1.82) is 0 Å². The minimum Gasteiger partial charge on any atom is -0.378 e. The zero-order chi connectivity index (χ0) is 17.0. The van der Waals surface area contributed by atoms with Crippen LogP contribution in [-0.4, -0.2) is 43.1 Å². The summed E-state index contributed by atoms with van der Waals surface area (Å²) in [6.07, 6.45) is 0. The molecule has 0 unspecified atom stereocenters. The highest BCUT2D eigenvalue weighted by atomic mass is 15.3. The minimum absolute atomic E-state index is 0.261. The molecule has 0 bridgehead atoms. The molecule has 0 saturated carbocycles. The second kappa shape index (κ2) is 7.26. The number of nitrogens with zero attached hydrogens (tertiary/aromatic N) is 5. The lowest BCUT2D eigenvalue weighted by atomic mass is 10.2. The van der Waals surface area contributed by atoms with Gasteiger partial charge in [-0.1, -0.05) is 26.0 Å². The molecule has 0 saturated heterocycles. The molecule has 0 spiro atoms. The molecule has 2 rings (SSSR count). The van der Waals surface area contributed by atoms with E-state index in [4.69, 9.17) is 0 Å². The van der Waals surface area contributed by atoms with Gasteiger partial charge in [0.15, 0.2) is 0 Å². The maximum absolute atomic E-state index is 4.51. The van der Waals surface area contributed by atoms with Crippen LogP contribution < -0.4 is 15.1 Å². The summed E-state index contributed by atoms with van der Waals surface area (Å²) in [4.78, 5) is 17.4. The molecule has 0 amide bonds. The third-order valence-electron chi connectivity index (χ3n) is 3.46. The molecule has 0 aliphatic heterocycles. The maximum atomic E-state index is 4.51. The number of hydrogen-bond donors (Lipinski definition) is 1. The second-order valence-corrected chi connectivity index (χ2v) is 6.28. The summed E-state index contributed by atoms with van der Waals surface area (Å²) in [5.41, 5.74) is 2.37. The average molecular weight is 314 g/mol. The largest absolute Gasteiger partial charge is 0.378 e. The molecule has 1 N–H and O–H groups in total. The van der Waals surface area contributed by atoms with Gasteiger partial charge in [-0.15, -0.1) is 0 Å². The lowest BCUT2D eigenvalue weighted by Gasteiger charge is -2.15. The Morgan fingerprint density at radius 3 is 2.09 bits per heavy atom. The van der Waals surface area contributed by atoms with E-state index in [9.17, 15) is 0 Å². The quantitative estimate of drug-likeness (QED) is 0.885. The summed E-state index contributed by atoms with van der Waals surface area (Å²) in [6.45, 7) is 4.85. The van der Waals surface area contributed by atoms with Crippen LogP contribution >= 0.6 is 0 Å². The highest BCUT2D eigenvalue weighted by molar-refractivity contribution is 5.46. The molecule has 0 radical (unpaired) electrons. The zero-order valence-corrected chi connectivity index (χ0v) is 14.8. The normalized spacial score (nSPS) is 10.7. The summed E-state index contributed by atoms with van der Waals surface area (Å²) < 4.78 is 0. The van der Waals surface area contributed by atoms with Gasteiger partial charge in [-0.05, 0) is 17.7 Å². The van der Waals surface area contributed by atoms with Crippen molar-refractivity contribution >= 4 is 17.6 Å². The first-order chi connectivity index (χ1) is 10.9. The van der Waals surface area contributed by atoms with E-state index in [1.54, 1.807) is 0 Å². The van der Waals surface area contributed by atoms with Gasteiger partial charge < -0.3 is 15.1 Å². The number of aromatic nitrogens is 3. The lowest BCUT2D eigenvalue weighted by Crippen LogP contribution is -2.17. The topological polar surface area (TPSA) is 57.2 Å². The van der Waals surface area contributed by atoms with E-state index in [1.165, 1.54) is 11.3 Å². The Bertz CT molecular complexity index is 608. The molecule has 6 nitrogen and oxygen atoms in total. The third kappa shape index (κ3) is 4.55. The number of nitrogens with one attached hydrogen (secondary N) is 1. The van der Waals surface area contributed by atoms with Crippen LogP contribution in [0.3, 0.4) is 0 Å². The zero-order valence-electron chi connectivity index (χ0n) is 14.8. The van der Waals surface area contributed by atoms with E-state index >= 15 is 0 Å². The Kier molecular flexibility index (Phi) is 5.36. The second-order valence-electron chi connectivity index (χ2n) is 6.28. The fraction of sp³-hybridized carbons (Fsp3) is 0.471. The molecule has 1 aromatic carbocycles. The first-order valence-electron chi connectivity index (χ1n) is 7.80. The van der Waals surface area contributed by atoms with Crippen molar-refractivity contribution in [3.8, 4) is 0 Å². The van der Waals surface area contributed by atoms with Crippen LogP contribution in [0, 0.1) is 0 Å². The van der Waals surface area contributed by atoms with Gasteiger partial charge in [-0.3, -0.25) is 0 Å². The van der Waals surface area contributed by atoms with Crippen molar-refractivity contribution in [2.45, 2.75) is 26.3 Å². The number of rotatable bonds is 6. The molecular formula is C17H26N6. The van der Waals surface area contributed by atoms with E-state index in [2.05, 4.69) is 63.3 Å². The van der Waals surface area contributed by atoms with Crippen LogP contribution in [0.15, 0.2) is 24.3 Å². The fourth-order valence-electron chi connectivity index (χ4n) is 2.01. The summed E-state index contributed by atoms with van der Waals surface area (Å²) in [5.74, 6) is 2.35. The number of anilines is 3. The standard InChI is InChI=1S/C17H26N6/c1-12(2)15-19-16(21-17(20-15)23(5)6)18-11-13-7-9-14(10-8-13)22(3)4/h7-10,12H,11H2,1-6H3,(H,18,19,20,21). The van der Waals surface area contributed by atoms with E-state index in [1.807, 2.05) is 33.1 Å². The summed E-state index contributed by atoms with van der Waals surface area (Å²) in [7, 11) is 7.94. The molecule has 23 heavy (non-hydrogen) atoms. The first kappa shape index (κ1) is 17.0. The summed E-state index contributed by atoms with van der Waals surface area (Å²) in [6, 6.07) is 8.43. The van der Waals surface area contributed by atoms with Gasteiger partial charge in [0.2, 0.25) is 11.9 Å². The molecule has 0 atom stereocenters. The minimum atomic E-state index is 0.261. The summed E-state index contributed by atoms with van der Waals surface area (Å²) in [5, 5.41) is 3.30. The Hall–Kier alpha value is -2.37. The molecule has 2 aromatic rings. The first-order valence-corrected chi connectivity index (χ1v) is 7.80. The lowest BCUT2D eigenvalue weighted by molar-refractivity contribution is 0.754. The van der Waals surface area contributed by atoms with Gasteiger partial charge in [-0.2, -0.15) is 15.0 Å². The van der Waals surface area contributed by atoms with Gasteiger partial charge in [0, 0.05) is 46.3 Å². The van der Waals surface area contributed by atoms with Crippen molar-refractivity contribution in [3.63, 3.8) is 0 Å². The molecule has 1 heterocycles. The maximum Gasteiger partial charge on any atom is 0.229 e. The smallest absolute Gasteiger partial charge is 0.229 e. The number of hydrogen-bond acceptors (Lipinski definition) is 6. The monoisotopic (exact) mass is 314 g/mol. The van der Waals surface area contributed by atoms with Crippen LogP contribution in [0.25, 0.3) is 0 Å². The van der Waals surface area contributed by atoms with E-state index in [-0.39, 0.29) is 5.92 Å². The fourth-order valence-corrected chi connectivity index (χ4v) is 2.01. The Labute approximate surface area is 138 Å². The molecule has 6 heteroatoms. The molecule has 0 aliphatic rings. The molecule has 124 valence electrons. The molecular weight excluding hydrogens is 288 g/mol. The predicted molar refractivity (Wildman–Crippen MR) is 96.3 cm³/mol. The van der Waals surface area contributed by atoms with Crippen LogP contribution in [0.5, 0.6) is 0 Å². The highest BCUT2D eigenvalue weighted by Crippen LogP contribution is 2.16. The van der Waals surface area contributed by atoms with Crippen molar-refractivity contribution < 1.29 is 0 Å². The Morgan fingerprint density at radius 1 is 0.913 bits per heavy atom.